The molecule has 4 rings (SSSR count). The lowest BCUT2D eigenvalue weighted by Gasteiger charge is -2.59. The number of carbonyl (C=O) groups is 3. The van der Waals surface area contributed by atoms with Crippen molar-refractivity contribution in [2.24, 2.45) is 5.73 Å². The Morgan fingerprint density at radius 1 is 0.472 bits per heavy atom. The van der Waals surface area contributed by atoms with E-state index in [9.17, 15) is 9.59 Å². The standard InChI is InChI=1S/C57H105N9O6/c1-16-19-22-25-28-31-34-70-64-52(4,5)37-43(38-53(64,6)7)59-50(68)48-60-47(46(58)67)61-49(62-48)51(69)63(44-39-54(8,9)65(55(10,11)40-44)71-35-32-29-26-23-20-17-2)45-41-56(12,13)66(57(14,15)42-45)72-36-33-30-27-24-21-18-3/h43-45H,16-42H2,1-15H3,(H2,58,67)(H,59,68). The smallest absolute Gasteiger partial charge is 0.292 e. The average molecular weight is 1010 g/mol. The molecule has 0 atom stereocenters. The number of nitrogens with one attached hydrogen (secondary N) is 1. The minimum absolute atomic E-state index is 0.266. The predicted molar refractivity (Wildman–Crippen MR) is 289 cm³/mol. The molecule has 0 spiro atoms. The fourth-order valence-corrected chi connectivity index (χ4v) is 13.0. The maximum absolute atomic E-state index is 15.7. The molecule has 414 valence electrons. The topological polar surface area (TPSA) is 169 Å². The first-order valence-corrected chi connectivity index (χ1v) is 28.7. The van der Waals surface area contributed by atoms with Crippen molar-refractivity contribution in [3.8, 4) is 0 Å². The normalized spacial score (nSPS) is 21.4. The van der Waals surface area contributed by atoms with Gasteiger partial charge in [-0.1, -0.05) is 117 Å². The number of nitrogens with two attached hydrogens (primary N) is 1. The molecule has 0 aliphatic carbocycles. The number of rotatable bonds is 30. The molecule has 15 heteroatoms. The Labute approximate surface area is 437 Å². The molecule has 3 fully saturated rings. The highest BCUT2D eigenvalue weighted by atomic mass is 16.7. The summed E-state index contributed by atoms with van der Waals surface area (Å²) in [7, 11) is 0. The lowest BCUT2D eigenvalue weighted by atomic mass is 9.74. The Morgan fingerprint density at radius 3 is 1.10 bits per heavy atom. The minimum Gasteiger partial charge on any atom is -0.363 e. The third kappa shape index (κ3) is 17.4. The van der Waals surface area contributed by atoms with Crippen LogP contribution >= 0.6 is 0 Å². The molecule has 0 radical (unpaired) electrons. The van der Waals surface area contributed by atoms with Crippen LogP contribution in [0.4, 0.5) is 0 Å². The number of amides is 3. The van der Waals surface area contributed by atoms with E-state index in [2.05, 4.69) is 139 Å². The highest BCUT2D eigenvalue weighted by Crippen LogP contribution is 2.46. The second kappa shape index (κ2) is 27.3. The number of hydroxylamine groups is 6. The van der Waals surface area contributed by atoms with Gasteiger partial charge in [-0.3, -0.25) is 28.9 Å². The summed E-state index contributed by atoms with van der Waals surface area (Å²) in [5, 5.41) is 9.63. The van der Waals surface area contributed by atoms with E-state index in [0.717, 1.165) is 38.5 Å². The van der Waals surface area contributed by atoms with Crippen LogP contribution in [0.2, 0.25) is 0 Å². The second-order valence-electron chi connectivity index (χ2n) is 25.6. The third-order valence-corrected chi connectivity index (χ3v) is 15.5. The van der Waals surface area contributed by atoms with Crippen molar-refractivity contribution in [3.05, 3.63) is 17.5 Å². The predicted octanol–water partition coefficient (Wildman–Crippen LogP) is 12.1. The summed E-state index contributed by atoms with van der Waals surface area (Å²) in [6.45, 7) is 34.7. The average Bonchev–Trinajstić information content (AvgIpc) is 3.26. The number of aromatic nitrogens is 3. The van der Waals surface area contributed by atoms with Crippen LogP contribution < -0.4 is 11.1 Å². The van der Waals surface area contributed by atoms with Crippen LogP contribution in [0.3, 0.4) is 0 Å². The fourth-order valence-electron chi connectivity index (χ4n) is 13.0. The highest BCUT2D eigenvalue weighted by molar-refractivity contribution is 5.97. The second-order valence-corrected chi connectivity index (χ2v) is 25.6. The minimum atomic E-state index is -0.943. The van der Waals surface area contributed by atoms with Gasteiger partial charge in [0.2, 0.25) is 17.5 Å². The van der Waals surface area contributed by atoms with E-state index >= 15 is 4.79 Å². The molecule has 0 bridgehead atoms. The molecule has 0 saturated carbocycles. The van der Waals surface area contributed by atoms with Crippen LogP contribution in [0.25, 0.3) is 0 Å². The van der Waals surface area contributed by atoms with Gasteiger partial charge >= 0.3 is 0 Å². The van der Waals surface area contributed by atoms with Crippen molar-refractivity contribution in [1.82, 2.24) is 40.4 Å². The van der Waals surface area contributed by atoms with E-state index in [1.807, 2.05) is 4.90 Å². The number of hydrogen-bond acceptors (Lipinski definition) is 12. The van der Waals surface area contributed by atoms with E-state index in [0.29, 0.717) is 58.3 Å². The number of piperidine rings is 3. The Kier molecular flexibility index (Phi) is 23.4. The van der Waals surface area contributed by atoms with Gasteiger partial charge in [-0.2, -0.15) is 30.1 Å². The van der Waals surface area contributed by atoms with E-state index in [4.69, 9.17) is 20.2 Å². The van der Waals surface area contributed by atoms with Gasteiger partial charge in [0.1, 0.15) is 0 Å². The first-order valence-electron chi connectivity index (χ1n) is 28.7. The van der Waals surface area contributed by atoms with E-state index in [-0.39, 0.29) is 29.8 Å². The molecule has 3 N–H and O–H groups in total. The number of primary amides is 1. The summed E-state index contributed by atoms with van der Waals surface area (Å²) in [6, 6.07) is -0.808. The van der Waals surface area contributed by atoms with Crippen molar-refractivity contribution in [1.29, 1.82) is 0 Å². The van der Waals surface area contributed by atoms with Crippen molar-refractivity contribution in [2.75, 3.05) is 19.8 Å². The molecule has 4 heterocycles. The monoisotopic (exact) mass is 1010 g/mol. The van der Waals surface area contributed by atoms with Crippen LogP contribution in [-0.2, 0) is 14.5 Å². The molecule has 3 saturated heterocycles. The molecule has 72 heavy (non-hydrogen) atoms. The molecule has 0 aromatic carbocycles. The fraction of sp³-hybridized carbons (Fsp3) is 0.895. The molecule has 3 amide bonds. The van der Waals surface area contributed by atoms with Crippen LogP contribution in [0, 0.1) is 0 Å². The lowest BCUT2D eigenvalue weighted by molar-refractivity contribution is -0.297. The van der Waals surface area contributed by atoms with Gasteiger partial charge in [0, 0.05) is 51.4 Å². The SMILES string of the molecule is CCCCCCCCON1C(C)(C)CC(NC(=O)c2nc(C(N)=O)nc(C(=O)N(C3CC(C)(C)N(OCCCCCCCC)C(C)(C)C3)C3CC(C)(C)N(OCCCCCCCC)C(C)(C)C3)n2)CC1(C)C. The van der Waals surface area contributed by atoms with Gasteiger partial charge in [0.25, 0.3) is 17.7 Å². The number of carbonyl (C=O) groups excluding carboxylic acids is 3. The molecule has 1 aromatic rings. The molecule has 1 aromatic heterocycles. The van der Waals surface area contributed by atoms with Crippen LogP contribution in [0.5, 0.6) is 0 Å². The zero-order valence-electron chi connectivity index (χ0n) is 48.5. The largest absolute Gasteiger partial charge is 0.363 e. The maximum Gasteiger partial charge on any atom is 0.292 e. The van der Waals surface area contributed by atoms with Gasteiger partial charge < -0.3 is 16.0 Å². The van der Waals surface area contributed by atoms with Crippen LogP contribution in [0.1, 0.15) is 290 Å². The molecule has 15 nitrogen and oxygen atoms in total. The Hall–Kier alpha value is -2.82. The number of nitrogens with zero attached hydrogens (tertiary/aromatic N) is 7. The summed E-state index contributed by atoms with van der Waals surface area (Å²) in [5.74, 6) is -2.98. The third-order valence-electron chi connectivity index (χ3n) is 15.5. The summed E-state index contributed by atoms with van der Waals surface area (Å²) < 4.78 is 0. The quantitative estimate of drug-likeness (QED) is 0.0701. The molecular formula is C57H105N9O6. The van der Waals surface area contributed by atoms with Gasteiger partial charge in [0.15, 0.2) is 0 Å². The summed E-state index contributed by atoms with van der Waals surface area (Å²) >= 11 is 0. The zero-order chi connectivity index (χ0) is 53.5. The van der Waals surface area contributed by atoms with E-state index in [1.54, 1.807) is 0 Å². The number of hydrogen-bond donors (Lipinski definition) is 2. The van der Waals surface area contributed by atoms with Crippen LogP contribution in [0.15, 0.2) is 0 Å². The Bertz CT molecular complexity index is 1740. The highest BCUT2D eigenvalue weighted by Gasteiger charge is 2.54. The summed E-state index contributed by atoms with van der Waals surface area (Å²) in [5.41, 5.74) is 3.23. The first-order chi connectivity index (χ1) is 33.7. The maximum atomic E-state index is 15.7. The van der Waals surface area contributed by atoms with Crippen molar-refractivity contribution in [3.63, 3.8) is 0 Å². The van der Waals surface area contributed by atoms with E-state index in [1.165, 1.54) is 77.0 Å². The zero-order valence-corrected chi connectivity index (χ0v) is 48.5. The molecule has 3 aliphatic rings. The van der Waals surface area contributed by atoms with E-state index < -0.39 is 56.8 Å². The molecular weight excluding hydrogens is 907 g/mol. The first kappa shape index (κ1) is 61.7. The van der Waals surface area contributed by atoms with Gasteiger partial charge in [0.05, 0.1) is 19.8 Å². The lowest BCUT2D eigenvalue weighted by Crippen LogP contribution is -2.69. The van der Waals surface area contributed by atoms with Gasteiger partial charge in [-0.25, -0.2) is 0 Å². The summed E-state index contributed by atoms with van der Waals surface area (Å²) in [4.78, 5) is 78.3. The number of unbranched alkanes of at least 4 members (excludes halogenated alkanes) is 15. The van der Waals surface area contributed by atoms with Crippen molar-refractivity contribution in [2.45, 2.75) is 309 Å². The summed E-state index contributed by atoms with van der Waals surface area (Å²) in [6.07, 6.45) is 24.9. The Balaban J connectivity index is 1.65. The van der Waals surface area contributed by atoms with Gasteiger partial charge in [-0.05, 0) is 141 Å². The molecule has 3 aliphatic heterocycles. The van der Waals surface area contributed by atoms with Crippen molar-refractivity contribution < 1.29 is 28.9 Å². The molecule has 0 unspecified atom stereocenters. The van der Waals surface area contributed by atoms with Gasteiger partial charge in [-0.15, -0.1) is 0 Å². The Morgan fingerprint density at radius 2 is 0.764 bits per heavy atom. The van der Waals surface area contributed by atoms with Crippen LogP contribution in [-0.4, -0.2) is 124 Å². The van der Waals surface area contributed by atoms with Crippen molar-refractivity contribution >= 4 is 17.7 Å².